The Morgan fingerprint density at radius 3 is 3.06 bits per heavy atom. The van der Waals surface area contributed by atoms with E-state index >= 15 is 0 Å². The van der Waals surface area contributed by atoms with E-state index in [1.165, 1.54) is 15.6 Å². The monoisotopic (exact) mass is 249 g/mol. The van der Waals surface area contributed by atoms with Crippen LogP contribution in [0.4, 0.5) is 0 Å². The molecule has 0 radical (unpaired) electrons. The lowest BCUT2D eigenvalue weighted by Gasteiger charge is -2.09. The van der Waals surface area contributed by atoms with Crippen LogP contribution in [-0.4, -0.2) is 18.6 Å². The van der Waals surface area contributed by atoms with E-state index in [1.807, 2.05) is 6.07 Å². The second-order valence-corrected chi connectivity index (χ2v) is 4.84. The number of fused-ring (bicyclic) bond motifs is 1. The van der Waals surface area contributed by atoms with Gasteiger partial charge in [0.15, 0.2) is 0 Å². The summed E-state index contributed by atoms with van der Waals surface area (Å²) in [6, 6.07) is 8.34. The van der Waals surface area contributed by atoms with Crippen LogP contribution >= 0.6 is 11.3 Å². The van der Waals surface area contributed by atoms with Gasteiger partial charge in [0.1, 0.15) is 6.10 Å². The molecular weight excluding hydrogens is 234 g/mol. The molecule has 90 valence electrons. The summed E-state index contributed by atoms with van der Waals surface area (Å²) in [6.45, 7) is 2.19. The third-order valence-electron chi connectivity index (χ3n) is 2.70. The molecule has 0 bridgehead atoms. The molecule has 0 saturated carbocycles. The summed E-state index contributed by atoms with van der Waals surface area (Å²) in [4.78, 5) is 10.8. The van der Waals surface area contributed by atoms with Crippen molar-refractivity contribution in [1.82, 2.24) is 0 Å². The van der Waals surface area contributed by atoms with Gasteiger partial charge in [-0.2, -0.15) is 0 Å². The second kappa shape index (κ2) is 5.29. The summed E-state index contributed by atoms with van der Waals surface area (Å²) in [6.07, 6.45) is 0.285. The Kier molecular flexibility index (Phi) is 3.76. The van der Waals surface area contributed by atoms with Gasteiger partial charge in [-0.3, -0.25) is 4.79 Å². The molecule has 0 spiro atoms. The summed E-state index contributed by atoms with van der Waals surface area (Å²) >= 11 is 1.73. The van der Waals surface area contributed by atoms with Gasteiger partial charge in [0, 0.05) is 4.70 Å². The second-order valence-electron chi connectivity index (χ2n) is 3.92. The largest absolute Gasteiger partial charge is 0.368 e. The fourth-order valence-electron chi connectivity index (χ4n) is 1.68. The molecular formula is C13H15NO2S. The highest BCUT2D eigenvalue weighted by atomic mass is 32.1. The third-order valence-corrected chi connectivity index (χ3v) is 3.71. The topological polar surface area (TPSA) is 52.3 Å². The van der Waals surface area contributed by atoms with E-state index in [0.717, 1.165) is 6.42 Å². The normalized spacial score (nSPS) is 12.8. The zero-order valence-corrected chi connectivity index (χ0v) is 10.5. The van der Waals surface area contributed by atoms with Crippen molar-refractivity contribution in [2.45, 2.75) is 19.4 Å². The van der Waals surface area contributed by atoms with Gasteiger partial charge in [-0.1, -0.05) is 18.2 Å². The first-order valence-corrected chi connectivity index (χ1v) is 6.42. The fraction of sp³-hybridized carbons (Fsp3) is 0.308. The number of amides is 1. The van der Waals surface area contributed by atoms with Crippen molar-refractivity contribution in [3.63, 3.8) is 0 Å². The molecule has 0 aliphatic rings. The van der Waals surface area contributed by atoms with Gasteiger partial charge in [0.05, 0.1) is 6.61 Å². The Labute approximate surface area is 104 Å². The number of nitrogens with two attached hydrogens (primary N) is 1. The van der Waals surface area contributed by atoms with Crippen molar-refractivity contribution >= 4 is 27.3 Å². The van der Waals surface area contributed by atoms with E-state index in [0.29, 0.717) is 6.61 Å². The number of carbonyl (C=O) groups is 1. The van der Waals surface area contributed by atoms with Gasteiger partial charge in [0.25, 0.3) is 0 Å². The molecule has 1 atom stereocenters. The number of hydrogen-bond acceptors (Lipinski definition) is 3. The first kappa shape index (κ1) is 12.1. The summed E-state index contributed by atoms with van der Waals surface area (Å²) in [5, 5.41) is 3.34. The molecule has 0 aliphatic heterocycles. The number of carbonyl (C=O) groups excluding carboxylic acids is 1. The smallest absolute Gasteiger partial charge is 0.246 e. The van der Waals surface area contributed by atoms with Crippen LogP contribution in [0.15, 0.2) is 29.6 Å². The summed E-state index contributed by atoms with van der Waals surface area (Å²) in [5.74, 6) is -0.417. The molecule has 0 aliphatic carbocycles. The van der Waals surface area contributed by atoms with Crippen molar-refractivity contribution in [2.75, 3.05) is 6.61 Å². The average molecular weight is 249 g/mol. The summed E-state index contributed by atoms with van der Waals surface area (Å²) in [7, 11) is 0. The molecule has 1 heterocycles. The van der Waals surface area contributed by atoms with Crippen molar-refractivity contribution in [3.05, 3.63) is 35.2 Å². The van der Waals surface area contributed by atoms with Crippen LogP contribution in [0.1, 0.15) is 12.5 Å². The Hall–Kier alpha value is -1.39. The van der Waals surface area contributed by atoms with Crippen molar-refractivity contribution in [2.24, 2.45) is 5.73 Å². The van der Waals surface area contributed by atoms with E-state index in [4.69, 9.17) is 10.5 Å². The highest BCUT2D eigenvalue weighted by Crippen LogP contribution is 2.24. The van der Waals surface area contributed by atoms with E-state index in [1.54, 1.807) is 18.3 Å². The van der Waals surface area contributed by atoms with Gasteiger partial charge < -0.3 is 10.5 Å². The molecule has 3 nitrogen and oxygen atoms in total. The fourth-order valence-corrected chi connectivity index (χ4v) is 2.62. The molecule has 2 aromatic rings. The molecule has 2 rings (SSSR count). The molecule has 1 aromatic heterocycles. The Bertz CT molecular complexity index is 521. The van der Waals surface area contributed by atoms with Gasteiger partial charge in [0.2, 0.25) is 5.91 Å². The Morgan fingerprint density at radius 1 is 1.47 bits per heavy atom. The van der Waals surface area contributed by atoms with Gasteiger partial charge in [-0.15, -0.1) is 11.3 Å². The maximum Gasteiger partial charge on any atom is 0.246 e. The Morgan fingerprint density at radius 2 is 2.29 bits per heavy atom. The van der Waals surface area contributed by atoms with Crippen LogP contribution < -0.4 is 5.73 Å². The average Bonchev–Trinajstić information content (AvgIpc) is 2.77. The SMILES string of the molecule is CC(OCCc1cccc2ccsc12)C(N)=O. The first-order valence-electron chi connectivity index (χ1n) is 5.54. The van der Waals surface area contributed by atoms with Crippen LogP contribution in [-0.2, 0) is 16.0 Å². The predicted molar refractivity (Wildman–Crippen MR) is 70.1 cm³/mol. The van der Waals surface area contributed by atoms with E-state index in [-0.39, 0.29) is 0 Å². The molecule has 17 heavy (non-hydrogen) atoms. The lowest BCUT2D eigenvalue weighted by atomic mass is 10.1. The third kappa shape index (κ3) is 2.84. The van der Waals surface area contributed by atoms with Gasteiger partial charge >= 0.3 is 0 Å². The minimum absolute atomic E-state index is 0.417. The van der Waals surface area contributed by atoms with E-state index < -0.39 is 12.0 Å². The summed E-state index contributed by atoms with van der Waals surface area (Å²) < 4.78 is 6.66. The molecule has 2 N–H and O–H groups in total. The molecule has 1 unspecified atom stereocenters. The van der Waals surface area contributed by atoms with E-state index in [2.05, 4.69) is 23.6 Å². The zero-order valence-electron chi connectivity index (χ0n) is 9.68. The molecule has 1 amide bonds. The van der Waals surface area contributed by atoms with E-state index in [9.17, 15) is 4.79 Å². The van der Waals surface area contributed by atoms with Crippen molar-refractivity contribution < 1.29 is 9.53 Å². The Balaban J connectivity index is 1.99. The number of thiophene rings is 1. The van der Waals surface area contributed by atoms with Crippen molar-refractivity contribution in [3.8, 4) is 0 Å². The van der Waals surface area contributed by atoms with Crippen LogP contribution in [0.3, 0.4) is 0 Å². The van der Waals surface area contributed by atoms with Crippen LogP contribution in [0.25, 0.3) is 10.1 Å². The van der Waals surface area contributed by atoms with Crippen molar-refractivity contribution in [1.29, 1.82) is 0 Å². The van der Waals surface area contributed by atoms with Crippen LogP contribution in [0.2, 0.25) is 0 Å². The highest BCUT2D eigenvalue weighted by molar-refractivity contribution is 7.17. The zero-order chi connectivity index (χ0) is 12.3. The number of rotatable bonds is 5. The minimum atomic E-state index is -0.516. The number of hydrogen-bond donors (Lipinski definition) is 1. The number of primary amides is 1. The minimum Gasteiger partial charge on any atom is -0.368 e. The molecule has 1 aromatic carbocycles. The standard InChI is InChI=1S/C13H15NO2S/c1-9(13(14)15)16-7-5-10-3-2-4-11-6-8-17-12(10)11/h2-4,6,8-9H,5,7H2,1H3,(H2,14,15). The number of benzene rings is 1. The first-order chi connectivity index (χ1) is 8.18. The maximum atomic E-state index is 10.8. The van der Waals surface area contributed by atoms with Gasteiger partial charge in [-0.05, 0) is 35.7 Å². The number of ether oxygens (including phenoxy) is 1. The lowest BCUT2D eigenvalue weighted by molar-refractivity contribution is -0.128. The lowest BCUT2D eigenvalue weighted by Crippen LogP contribution is -2.28. The maximum absolute atomic E-state index is 10.8. The predicted octanol–water partition coefficient (Wildman–Crippen LogP) is 2.33. The quantitative estimate of drug-likeness (QED) is 0.884. The van der Waals surface area contributed by atoms with Crippen LogP contribution in [0, 0.1) is 0 Å². The summed E-state index contributed by atoms with van der Waals surface area (Å²) in [5.41, 5.74) is 6.39. The molecule has 0 saturated heterocycles. The molecule has 4 heteroatoms. The highest BCUT2D eigenvalue weighted by Gasteiger charge is 2.09. The molecule has 0 fully saturated rings. The van der Waals surface area contributed by atoms with Gasteiger partial charge in [-0.25, -0.2) is 0 Å². The van der Waals surface area contributed by atoms with Crippen LogP contribution in [0.5, 0.6) is 0 Å².